The smallest absolute Gasteiger partial charge is 0.236 e. The van der Waals surface area contributed by atoms with Gasteiger partial charge in [-0.15, -0.1) is 0 Å². The summed E-state index contributed by atoms with van der Waals surface area (Å²) in [6, 6.07) is -0.154. The number of hydrogen-bond acceptors (Lipinski definition) is 4. The molecule has 1 aliphatic heterocycles. The third-order valence-electron chi connectivity index (χ3n) is 2.39. The van der Waals surface area contributed by atoms with Crippen molar-refractivity contribution in [3.63, 3.8) is 0 Å². The number of amides is 1. The van der Waals surface area contributed by atoms with Gasteiger partial charge in [-0.1, -0.05) is 0 Å². The van der Waals surface area contributed by atoms with E-state index in [9.17, 15) is 4.79 Å². The summed E-state index contributed by atoms with van der Waals surface area (Å²) in [4.78, 5) is 11.3. The molecule has 1 fully saturated rings. The van der Waals surface area contributed by atoms with E-state index in [0.29, 0.717) is 13.2 Å². The number of likely N-dealkylation sites (N-methyl/N-ethyl adjacent to an activating group) is 1. The van der Waals surface area contributed by atoms with Gasteiger partial charge in [0.05, 0.1) is 25.3 Å². The molecule has 0 aromatic rings. The highest BCUT2D eigenvalue weighted by atomic mass is 16.7. The van der Waals surface area contributed by atoms with Gasteiger partial charge in [0.2, 0.25) is 5.91 Å². The van der Waals surface area contributed by atoms with Gasteiger partial charge in [0, 0.05) is 7.05 Å². The van der Waals surface area contributed by atoms with E-state index in [4.69, 9.17) is 9.47 Å². The SMILES string of the molecule is CNC(=O)C(C)NC1COC(C)(C)OC1. The maximum absolute atomic E-state index is 11.3. The Morgan fingerprint density at radius 1 is 1.40 bits per heavy atom. The summed E-state index contributed by atoms with van der Waals surface area (Å²) in [5, 5.41) is 5.73. The van der Waals surface area contributed by atoms with Crippen molar-refractivity contribution in [3.05, 3.63) is 0 Å². The molecular formula is C10H20N2O3. The lowest BCUT2D eigenvalue weighted by atomic mass is 10.2. The molecule has 1 saturated heterocycles. The minimum absolute atomic E-state index is 0.0279. The lowest BCUT2D eigenvalue weighted by molar-refractivity contribution is -0.253. The van der Waals surface area contributed by atoms with Crippen molar-refractivity contribution in [2.24, 2.45) is 0 Å². The molecule has 1 atom stereocenters. The molecule has 0 radical (unpaired) electrons. The predicted molar refractivity (Wildman–Crippen MR) is 56.4 cm³/mol. The van der Waals surface area contributed by atoms with E-state index >= 15 is 0 Å². The molecule has 5 nitrogen and oxygen atoms in total. The molecule has 0 aliphatic carbocycles. The molecule has 0 saturated carbocycles. The van der Waals surface area contributed by atoms with Crippen molar-refractivity contribution < 1.29 is 14.3 Å². The lowest BCUT2D eigenvalue weighted by Gasteiger charge is -2.36. The van der Waals surface area contributed by atoms with Crippen LogP contribution in [-0.2, 0) is 14.3 Å². The van der Waals surface area contributed by atoms with Crippen LogP contribution in [0.2, 0.25) is 0 Å². The molecule has 1 heterocycles. The zero-order valence-corrected chi connectivity index (χ0v) is 9.79. The molecule has 1 amide bonds. The molecule has 0 bridgehead atoms. The number of hydrogen-bond donors (Lipinski definition) is 2. The summed E-state index contributed by atoms with van der Waals surface area (Å²) >= 11 is 0. The largest absolute Gasteiger partial charge is 0.358 e. The summed E-state index contributed by atoms with van der Waals surface area (Å²) in [5.74, 6) is -0.533. The molecule has 1 rings (SSSR count). The standard InChI is InChI=1S/C10H20N2O3/c1-7(9(13)11-4)12-8-5-14-10(2,3)15-6-8/h7-8,12H,5-6H2,1-4H3,(H,11,13). The molecule has 88 valence electrons. The van der Waals surface area contributed by atoms with Gasteiger partial charge in [0.25, 0.3) is 0 Å². The monoisotopic (exact) mass is 216 g/mol. The fourth-order valence-electron chi connectivity index (χ4n) is 1.43. The zero-order chi connectivity index (χ0) is 11.5. The van der Waals surface area contributed by atoms with Crippen molar-refractivity contribution in [3.8, 4) is 0 Å². The third kappa shape index (κ3) is 3.77. The maximum Gasteiger partial charge on any atom is 0.236 e. The Morgan fingerprint density at radius 3 is 2.40 bits per heavy atom. The molecule has 15 heavy (non-hydrogen) atoms. The van der Waals surface area contributed by atoms with Crippen LogP contribution in [0.25, 0.3) is 0 Å². The summed E-state index contributed by atoms with van der Waals surface area (Å²) in [6.07, 6.45) is 0. The van der Waals surface area contributed by atoms with Gasteiger partial charge in [-0.3, -0.25) is 10.1 Å². The molecular weight excluding hydrogens is 196 g/mol. The van der Waals surface area contributed by atoms with Gasteiger partial charge in [-0.25, -0.2) is 0 Å². The van der Waals surface area contributed by atoms with Crippen molar-refractivity contribution in [1.82, 2.24) is 10.6 Å². The Bertz CT molecular complexity index is 221. The molecule has 2 N–H and O–H groups in total. The zero-order valence-electron chi connectivity index (χ0n) is 9.79. The summed E-state index contributed by atoms with van der Waals surface area (Å²) in [7, 11) is 1.62. The Balaban J connectivity index is 2.32. The highest BCUT2D eigenvalue weighted by Gasteiger charge is 2.29. The number of carbonyl (C=O) groups is 1. The van der Waals surface area contributed by atoms with Crippen molar-refractivity contribution in [2.45, 2.75) is 38.6 Å². The second-order valence-corrected chi connectivity index (χ2v) is 4.22. The van der Waals surface area contributed by atoms with Crippen molar-refractivity contribution in [1.29, 1.82) is 0 Å². The molecule has 0 spiro atoms. The summed E-state index contributed by atoms with van der Waals surface area (Å²) < 4.78 is 11.0. The van der Waals surface area contributed by atoms with Crippen LogP contribution in [0.15, 0.2) is 0 Å². The van der Waals surface area contributed by atoms with Gasteiger partial charge < -0.3 is 14.8 Å². The predicted octanol–water partition coefficient (Wildman–Crippen LogP) is -0.138. The average molecular weight is 216 g/mol. The number of rotatable bonds is 3. The first-order chi connectivity index (χ1) is 6.94. The second-order valence-electron chi connectivity index (χ2n) is 4.22. The Kier molecular flexibility index (Phi) is 4.07. The van der Waals surface area contributed by atoms with E-state index in [2.05, 4.69) is 10.6 Å². The number of nitrogens with one attached hydrogen (secondary N) is 2. The first kappa shape index (κ1) is 12.4. The normalized spacial score (nSPS) is 23.5. The third-order valence-corrected chi connectivity index (χ3v) is 2.39. The summed E-state index contributed by atoms with van der Waals surface area (Å²) in [5.41, 5.74) is 0. The molecule has 0 aromatic heterocycles. The Hall–Kier alpha value is -0.650. The second kappa shape index (κ2) is 4.92. The molecule has 0 aromatic carbocycles. The van der Waals surface area contributed by atoms with Crippen LogP contribution in [0.1, 0.15) is 20.8 Å². The average Bonchev–Trinajstić information content (AvgIpc) is 2.20. The molecule has 1 aliphatic rings. The van der Waals surface area contributed by atoms with E-state index in [1.54, 1.807) is 7.05 Å². The fraction of sp³-hybridized carbons (Fsp3) is 0.900. The lowest BCUT2D eigenvalue weighted by Crippen LogP contribution is -2.54. The van der Waals surface area contributed by atoms with Gasteiger partial charge in [0.15, 0.2) is 5.79 Å². The number of carbonyl (C=O) groups excluding carboxylic acids is 1. The number of ether oxygens (including phenoxy) is 2. The van der Waals surface area contributed by atoms with Gasteiger partial charge in [0.1, 0.15) is 0 Å². The van der Waals surface area contributed by atoms with Gasteiger partial charge >= 0.3 is 0 Å². The van der Waals surface area contributed by atoms with Crippen LogP contribution < -0.4 is 10.6 Å². The first-order valence-corrected chi connectivity index (χ1v) is 5.20. The van der Waals surface area contributed by atoms with E-state index in [1.165, 1.54) is 0 Å². The van der Waals surface area contributed by atoms with Crippen LogP contribution in [0.5, 0.6) is 0 Å². The van der Waals surface area contributed by atoms with E-state index in [-0.39, 0.29) is 18.0 Å². The van der Waals surface area contributed by atoms with Gasteiger partial charge in [-0.05, 0) is 20.8 Å². The van der Waals surface area contributed by atoms with Gasteiger partial charge in [-0.2, -0.15) is 0 Å². The minimum Gasteiger partial charge on any atom is -0.358 e. The fourth-order valence-corrected chi connectivity index (χ4v) is 1.43. The van der Waals surface area contributed by atoms with Crippen LogP contribution in [0, 0.1) is 0 Å². The Labute approximate surface area is 90.5 Å². The quantitative estimate of drug-likeness (QED) is 0.689. The molecule has 5 heteroatoms. The van der Waals surface area contributed by atoms with Crippen LogP contribution >= 0.6 is 0 Å². The van der Waals surface area contributed by atoms with Crippen molar-refractivity contribution in [2.75, 3.05) is 20.3 Å². The van der Waals surface area contributed by atoms with Crippen LogP contribution in [-0.4, -0.2) is 44.0 Å². The van der Waals surface area contributed by atoms with E-state index in [1.807, 2.05) is 20.8 Å². The first-order valence-electron chi connectivity index (χ1n) is 5.20. The minimum atomic E-state index is -0.506. The topological polar surface area (TPSA) is 59.6 Å². The molecule has 1 unspecified atom stereocenters. The summed E-state index contributed by atoms with van der Waals surface area (Å²) in [6.45, 7) is 6.71. The van der Waals surface area contributed by atoms with Crippen molar-refractivity contribution >= 4 is 5.91 Å². The Morgan fingerprint density at radius 2 is 1.93 bits per heavy atom. The van der Waals surface area contributed by atoms with E-state index < -0.39 is 5.79 Å². The maximum atomic E-state index is 11.3. The highest BCUT2D eigenvalue weighted by molar-refractivity contribution is 5.80. The highest BCUT2D eigenvalue weighted by Crippen LogP contribution is 2.16. The van der Waals surface area contributed by atoms with Crippen LogP contribution in [0.4, 0.5) is 0 Å². The van der Waals surface area contributed by atoms with Crippen LogP contribution in [0.3, 0.4) is 0 Å². The van der Waals surface area contributed by atoms with E-state index in [0.717, 1.165) is 0 Å².